The molecule has 0 radical (unpaired) electrons. The van der Waals surface area contributed by atoms with Gasteiger partial charge in [-0.05, 0) is 56.5 Å². The van der Waals surface area contributed by atoms with Crippen LogP contribution in [0.5, 0.6) is 0 Å². The van der Waals surface area contributed by atoms with Gasteiger partial charge in [-0.3, -0.25) is 4.79 Å². The SMILES string of the molecule is Cc1nc(Cc2ccc(F)cc2)sc1C(=O)NCC(C)CN1CCCCC1. The summed E-state index contributed by atoms with van der Waals surface area (Å²) in [6, 6.07) is 6.42. The molecule has 4 nitrogen and oxygen atoms in total. The number of rotatable bonds is 7. The predicted octanol–water partition coefficient (Wildman–Crippen LogP) is 4.03. The number of carbonyl (C=O) groups excluding carboxylic acids is 1. The summed E-state index contributed by atoms with van der Waals surface area (Å²) >= 11 is 1.43. The molecule has 0 bridgehead atoms. The molecule has 1 aromatic carbocycles. The second-order valence-corrected chi connectivity index (χ2v) is 8.59. The molecule has 1 aliphatic rings. The van der Waals surface area contributed by atoms with Crippen LogP contribution in [0.4, 0.5) is 4.39 Å². The van der Waals surface area contributed by atoms with E-state index < -0.39 is 0 Å². The molecule has 6 heteroatoms. The van der Waals surface area contributed by atoms with E-state index in [0.29, 0.717) is 23.8 Å². The molecule has 1 amide bonds. The molecule has 1 atom stereocenters. The zero-order chi connectivity index (χ0) is 19.2. The molecule has 1 aliphatic heterocycles. The number of halogens is 1. The van der Waals surface area contributed by atoms with Crippen LogP contribution in [0.1, 0.15) is 52.1 Å². The number of amides is 1. The number of aromatic nitrogens is 1. The van der Waals surface area contributed by atoms with E-state index in [9.17, 15) is 9.18 Å². The number of thiazole rings is 1. The van der Waals surface area contributed by atoms with Crippen molar-refractivity contribution >= 4 is 17.2 Å². The third-order valence-corrected chi connectivity index (χ3v) is 6.10. The van der Waals surface area contributed by atoms with E-state index in [0.717, 1.165) is 22.8 Å². The lowest BCUT2D eigenvalue weighted by atomic mass is 10.1. The molecule has 2 aromatic rings. The second kappa shape index (κ2) is 9.42. The van der Waals surface area contributed by atoms with Crippen molar-refractivity contribution in [3.8, 4) is 0 Å². The molecule has 146 valence electrons. The number of piperidine rings is 1. The summed E-state index contributed by atoms with van der Waals surface area (Å²) in [7, 11) is 0. The fourth-order valence-electron chi connectivity index (χ4n) is 3.51. The number of benzene rings is 1. The van der Waals surface area contributed by atoms with Gasteiger partial charge in [-0.25, -0.2) is 9.37 Å². The fraction of sp³-hybridized carbons (Fsp3) is 0.524. The molecule has 1 unspecified atom stereocenters. The van der Waals surface area contributed by atoms with Crippen LogP contribution in [-0.2, 0) is 6.42 Å². The Labute approximate surface area is 164 Å². The van der Waals surface area contributed by atoms with Crippen molar-refractivity contribution in [2.75, 3.05) is 26.2 Å². The van der Waals surface area contributed by atoms with Crippen molar-refractivity contribution in [1.82, 2.24) is 15.2 Å². The summed E-state index contributed by atoms with van der Waals surface area (Å²) in [5.41, 5.74) is 1.76. The summed E-state index contributed by atoms with van der Waals surface area (Å²) in [6.45, 7) is 8.14. The van der Waals surface area contributed by atoms with Gasteiger partial charge in [-0.15, -0.1) is 11.3 Å². The van der Waals surface area contributed by atoms with Crippen LogP contribution in [0.3, 0.4) is 0 Å². The van der Waals surface area contributed by atoms with Crippen LogP contribution in [-0.4, -0.2) is 42.0 Å². The number of carbonyl (C=O) groups is 1. The Morgan fingerprint density at radius 1 is 1.26 bits per heavy atom. The van der Waals surface area contributed by atoms with E-state index >= 15 is 0 Å². The van der Waals surface area contributed by atoms with Crippen molar-refractivity contribution in [2.45, 2.75) is 39.5 Å². The van der Waals surface area contributed by atoms with Gasteiger partial charge in [0.1, 0.15) is 10.7 Å². The van der Waals surface area contributed by atoms with Gasteiger partial charge in [0.15, 0.2) is 0 Å². The Kier molecular flexibility index (Phi) is 6.96. The molecule has 0 saturated carbocycles. The molecule has 1 N–H and O–H groups in total. The summed E-state index contributed by atoms with van der Waals surface area (Å²) < 4.78 is 13.0. The number of nitrogens with zero attached hydrogens (tertiary/aromatic N) is 2. The van der Waals surface area contributed by atoms with Gasteiger partial charge in [0, 0.05) is 19.5 Å². The summed E-state index contributed by atoms with van der Waals surface area (Å²) in [6.07, 6.45) is 4.53. The van der Waals surface area contributed by atoms with Crippen molar-refractivity contribution < 1.29 is 9.18 Å². The molecular formula is C21H28FN3OS. The Hall–Kier alpha value is -1.79. The highest BCUT2D eigenvalue weighted by atomic mass is 32.1. The van der Waals surface area contributed by atoms with E-state index in [-0.39, 0.29) is 11.7 Å². The van der Waals surface area contributed by atoms with Crippen LogP contribution >= 0.6 is 11.3 Å². The molecule has 2 heterocycles. The first kappa shape index (κ1) is 20.0. The van der Waals surface area contributed by atoms with E-state index in [4.69, 9.17) is 0 Å². The van der Waals surface area contributed by atoms with Gasteiger partial charge >= 0.3 is 0 Å². The molecule has 0 spiro atoms. The molecular weight excluding hydrogens is 361 g/mol. The van der Waals surface area contributed by atoms with E-state index in [1.165, 1.54) is 55.8 Å². The molecule has 1 aromatic heterocycles. The lowest BCUT2D eigenvalue weighted by molar-refractivity contribution is 0.0946. The Morgan fingerprint density at radius 3 is 2.67 bits per heavy atom. The standard InChI is InChI=1S/C21H28FN3OS/c1-15(14-25-10-4-3-5-11-25)13-23-21(26)20-16(2)24-19(27-20)12-17-6-8-18(22)9-7-17/h6-9,15H,3-5,10-14H2,1-2H3,(H,23,26). The minimum Gasteiger partial charge on any atom is -0.351 e. The highest BCUT2D eigenvalue weighted by molar-refractivity contribution is 7.13. The molecule has 1 saturated heterocycles. The van der Waals surface area contributed by atoms with Crippen LogP contribution < -0.4 is 5.32 Å². The predicted molar refractivity (Wildman–Crippen MR) is 108 cm³/mol. The normalized spacial score (nSPS) is 16.3. The van der Waals surface area contributed by atoms with Crippen LogP contribution in [0, 0.1) is 18.7 Å². The minimum absolute atomic E-state index is 0.0409. The topological polar surface area (TPSA) is 45.2 Å². The smallest absolute Gasteiger partial charge is 0.263 e. The third-order valence-electron chi connectivity index (χ3n) is 4.95. The summed E-state index contributed by atoms with van der Waals surface area (Å²) in [4.78, 5) is 20.3. The number of hydrogen-bond acceptors (Lipinski definition) is 4. The van der Waals surface area contributed by atoms with Gasteiger partial charge in [-0.2, -0.15) is 0 Å². The van der Waals surface area contributed by atoms with Crippen molar-refractivity contribution in [2.24, 2.45) is 5.92 Å². The lowest BCUT2D eigenvalue weighted by Gasteiger charge is -2.29. The van der Waals surface area contributed by atoms with E-state index in [2.05, 4.69) is 22.1 Å². The molecule has 0 aliphatic carbocycles. The van der Waals surface area contributed by atoms with Gasteiger partial charge in [0.25, 0.3) is 5.91 Å². The maximum absolute atomic E-state index is 13.0. The lowest BCUT2D eigenvalue weighted by Crippen LogP contribution is -2.38. The van der Waals surface area contributed by atoms with Gasteiger partial charge < -0.3 is 10.2 Å². The van der Waals surface area contributed by atoms with E-state index in [1.54, 1.807) is 12.1 Å². The number of aryl methyl sites for hydroxylation is 1. The first-order valence-electron chi connectivity index (χ1n) is 9.72. The maximum atomic E-state index is 13.0. The Morgan fingerprint density at radius 2 is 1.96 bits per heavy atom. The highest BCUT2D eigenvalue weighted by Crippen LogP contribution is 2.21. The number of likely N-dealkylation sites (tertiary alicyclic amines) is 1. The van der Waals surface area contributed by atoms with Crippen molar-refractivity contribution in [3.63, 3.8) is 0 Å². The Bertz CT molecular complexity index is 753. The third kappa shape index (κ3) is 5.84. The number of hydrogen-bond donors (Lipinski definition) is 1. The minimum atomic E-state index is -0.243. The average Bonchev–Trinajstić information content (AvgIpc) is 3.03. The molecule has 3 rings (SSSR count). The second-order valence-electron chi connectivity index (χ2n) is 7.50. The molecule has 1 fully saturated rings. The zero-order valence-electron chi connectivity index (χ0n) is 16.1. The zero-order valence-corrected chi connectivity index (χ0v) is 16.9. The van der Waals surface area contributed by atoms with E-state index in [1.807, 2.05) is 6.92 Å². The largest absolute Gasteiger partial charge is 0.351 e. The number of nitrogens with one attached hydrogen (secondary N) is 1. The molecule has 27 heavy (non-hydrogen) atoms. The van der Waals surface area contributed by atoms with Crippen molar-refractivity contribution in [3.05, 3.63) is 51.2 Å². The van der Waals surface area contributed by atoms with Gasteiger partial charge in [0.2, 0.25) is 0 Å². The Balaban J connectivity index is 1.52. The van der Waals surface area contributed by atoms with Crippen LogP contribution in [0.2, 0.25) is 0 Å². The summed E-state index contributed by atoms with van der Waals surface area (Å²) in [5.74, 6) is 0.146. The average molecular weight is 390 g/mol. The van der Waals surface area contributed by atoms with Crippen molar-refractivity contribution in [1.29, 1.82) is 0 Å². The first-order chi connectivity index (χ1) is 13.0. The van der Waals surface area contributed by atoms with Crippen LogP contribution in [0.25, 0.3) is 0 Å². The van der Waals surface area contributed by atoms with Gasteiger partial charge in [0.05, 0.1) is 10.7 Å². The quantitative estimate of drug-likeness (QED) is 0.778. The fourth-order valence-corrected chi connectivity index (χ4v) is 4.53. The first-order valence-corrected chi connectivity index (χ1v) is 10.5. The van der Waals surface area contributed by atoms with Gasteiger partial charge in [-0.1, -0.05) is 25.5 Å². The monoisotopic (exact) mass is 389 g/mol. The summed E-state index contributed by atoms with van der Waals surface area (Å²) in [5, 5.41) is 3.95. The maximum Gasteiger partial charge on any atom is 0.263 e. The van der Waals surface area contributed by atoms with Crippen LogP contribution in [0.15, 0.2) is 24.3 Å². The highest BCUT2D eigenvalue weighted by Gasteiger charge is 2.18.